The van der Waals surface area contributed by atoms with E-state index in [-0.39, 0.29) is 0 Å². The second-order valence-electron chi connectivity index (χ2n) is 5.23. The molecule has 2 aromatic rings. The van der Waals surface area contributed by atoms with Crippen molar-refractivity contribution in [1.29, 1.82) is 0 Å². The lowest BCUT2D eigenvalue weighted by atomic mass is 10.1. The highest BCUT2D eigenvalue weighted by Gasteiger charge is 2.14. The summed E-state index contributed by atoms with van der Waals surface area (Å²) in [6, 6.07) is 6.42. The van der Waals surface area contributed by atoms with Crippen LogP contribution in [0, 0.1) is 0 Å². The zero-order valence-corrected chi connectivity index (χ0v) is 11.7. The van der Waals surface area contributed by atoms with Crippen LogP contribution in [-0.4, -0.2) is 16.2 Å². The van der Waals surface area contributed by atoms with Crippen LogP contribution in [0.2, 0.25) is 5.02 Å². The maximum Gasteiger partial charge on any atom is 0.114 e. The third-order valence-corrected chi connectivity index (χ3v) is 4.14. The second-order valence-corrected chi connectivity index (χ2v) is 5.63. The molecule has 3 rings (SSSR count). The van der Waals surface area contributed by atoms with E-state index in [4.69, 9.17) is 11.6 Å². The molecular weight excluding hydrogens is 258 g/mol. The Kier molecular flexibility index (Phi) is 3.83. The van der Waals surface area contributed by atoms with Gasteiger partial charge in [-0.15, -0.1) is 5.10 Å². The number of fused-ring (bicyclic) bond motifs is 1. The van der Waals surface area contributed by atoms with Crippen LogP contribution < -0.4 is 5.32 Å². The van der Waals surface area contributed by atoms with Gasteiger partial charge in [0.15, 0.2) is 0 Å². The smallest absolute Gasteiger partial charge is 0.114 e. The van der Waals surface area contributed by atoms with E-state index in [1.807, 2.05) is 18.3 Å². The molecule has 0 unspecified atom stereocenters. The highest BCUT2D eigenvalue weighted by atomic mass is 35.5. The number of nitrogens with zero attached hydrogens (tertiary/aromatic N) is 2. The predicted octanol–water partition coefficient (Wildman–Crippen LogP) is 4.42. The van der Waals surface area contributed by atoms with Gasteiger partial charge in [-0.05, 0) is 18.9 Å². The Morgan fingerprint density at radius 3 is 2.68 bits per heavy atom. The van der Waals surface area contributed by atoms with Gasteiger partial charge in [-0.1, -0.05) is 49.4 Å². The van der Waals surface area contributed by atoms with Crippen molar-refractivity contribution in [2.45, 2.75) is 44.6 Å². The topological polar surface area (TPSA) is 37.8 Å². The fourth-order valence-electron chi connectivity index (χ4n) is 2.81. The van der Waals surface area contributed by atoms with Crippen LogP contribution in [0.3, 0.4) is 0 Å². The van der Waals surface area contributed by atoms with Crippen LogP contribution >= 0.6 is 11.6 Å². The van der Waals surface area contributed by atoms with Crippen LogP contribution in [0.25, 0.3) is 10.9 Å². The van der Waals surface area contributed by atoms with Crippen molar-refractivity contribution in [2.75, 3.05) is 5.32 Å². The number of anilines is 1. The van der Waals surface area contributed by atoms with Crippen LogP contribution in [-0.2, 0) is 0 Å². The number of hydrogen-bond acceptors (Lipinski definition) is 3. The summed E-state index contributed by atoms with van der Waals surface area (Å²) in [5.41, 5.74) is 1.84. The Morgan fingerprint density at radius 2 is 1.89 bits per heavy atom. The second kappa shape index (κ2) is 5.74. The van der Waals surface area contributed by atoms with E-state index < -0.39 is 0 Å². The first-order valence-electron chi connectivity index (χ1n) is 7.01. The van der Waals surface area contributed by atoms with Gasteiger partial charge in [0.05, 0.1) is 16.9 Å². The first kappa shape index (κ1) is 12.7. The van der Waals surface area contributed by atoms with Gasteiger partial charge in [0.25, 0.3) is 0 Å². The summed E-state index contributed by atoms with van der Waals surface area (Å²) in [6.07, 6.45) is 9.64. The molecule has 1 saturated carbocycles. The van der Waals surface area contributed by atoms with Crippen LogP contribution in [0.4, 0.5) is 5.69 Å². The fourth-order valence-corrected chi connectivity index (χ4v) is 3.02. The molecule has 19 heavy (non-hydrogen) atoms. The van der Waals surface area contributed by atoms with Crippen molar-refractivity contribution >= 4 is 28.2 Å². The molecule has 100 valence electrons. The minimum atomic E-state index is 0.550. The molecule has 0 saturated heterocycles. The van der Waals surface area contributed by atoms with Crippen LogP contribution in [0.5, 0.6) is 0 Å². The van der Waals surface area contributed by atoms with E-state index in [1.54, 1.807) is 0 Å². The quantitative estimate of drug-likeness (QED) is 0.825. The lowest BCUT2D eigenvalue weighted by Gasteiger charge is -2.18. The van der Waals surface area contributed by atoms with Gasteiger partial charge in [0.2, 0.25) is 0 Å². The largest absolute Gasteiger partial charge is 0.380 e. The van der Waals surface area contributed by atoms with Gasteiger partial charge < -0.3 is 5.32 Å². The maximum atomic E-state index is 6.17. The molecule has 1 fully saturated rings. The molecule has 0 radical (unpaired) electrons. The van der Waals surface area contributed by atoms with Crippen molar-refractivity contribution in [1.82, 2.24) is 10.2 Å². The SMILES string of the molecule is Clc1cccc2c(NC3CCCCCC3)cnnc12. The van der Waals surface area contributed by atoms with Gasteiger partial charge in [-0.2, -0.15) is 5.10 Å². The van der Waals surface area contributed by atoms with Gasteiger partial charge in [0, 0.05) is 11.4 Å². The molecule has 0 amide bonds. The Bertz CT molecular complexity index is 562. The summed E-state index contributed by atoms with van der Waals surface area (Å²) >= 11 is 6.17. The molecule has 0 aliphatic heterocycles. The molecule has 0 spiro atoms. The standard InChI is InChI=1S/C15H18ClN3/c16-13-9-5-8-12-14(10-17-19-15(12)13)18-11-6-3-1-2-4-7-11/h5,8-11H,1-4,6-7H2,(H,18,19). The summed E-state index contributed by atoms with van der Waals surface area (Å²) in [6.45, 7) is 0. The highest BCUT2D eigenvalue weighted by molar-refractivity contribution is 6.35. The van der Waals surface area contributed by atoms with Crippen molar-refractivity contribution in [3.8, 4) is 0 Å². The number of rotatable bonds is 2. The minimum Gasteiger partial charge on any atom is -0.380 e. The monoisotopic (exact) mass is 275 g/mol. The molecule has 1 aliphatic carbocycles. The molecule has 3 nitrogen and oxygen atoms in total. The highest BCUT2D eigenvalue weighted by Crippen LogP contribution is 2.28. The molecule has 1 heterocycles. The van der Waals surface area contributed by atoms with Gasteiger partial charge >= 0.3 is 0 Å². The van der Waals surface area contributed by atoms with Gasteiger partial charge in [-0.25, -0.2) is 0 Å². The Labute approximate surface area is 118 Å². The first-order valence-corrected chi connectivity index (χ1v) is 7.39. The number of benzene rings is 1. The minimum absolute atomic E-state index is 0.550. The van der Waals surface area contributed by atoms with Gasteiger partial charge in [-0.3, -0.25) is 0 Å². The Balaban J connectivity index is 1.90. The number of aromatic nitrogens is 2. The normalized spacial score (nSPS) is 17.3. The lowest BCUT2D eigenvalue weighted by Crippen LogP contribution is -2.18. The molecular formula is C15H18ClN3. The van der Waals surface area contributed by atoms with Crippen LogP contribution in [0.15, 0.2) is 24.4 Å². The van der Waals surface area contributed by atoms with Crippen molar-refractivity contribution in [3.05, 3.63) is 29.4 Å². The number of hydrogen-bond donors (Lipinski definition) is 1. The Hall–Kier alpha value is -1.35. The summed E-state index contributed by atoms with van der Waals surface area (Å²) in [5.74, 6) is 0. The van der Waals surface area contributed by atoms with Gasteiger partial charge in [0.1, 0.15) is 5.52 Å². The molecule has 1 aliphatic rings. The van der Waals surface area contributed by atoms with E-state index in [2.05, 4.69) is 21.6 Å². The maximum absolute atomic E-state index is 6.17. The average molecular weight is 276 g/mol. The van der Waals surface area contributed by atoms with Crippen LogP contribution in [0.1, 0.15) is 38.5 Å². The molecule has 1 aromatic carbocycles. The summed E-state index contributed by atoms with van der Waals surface area (Å²) < 4.78 is 0. The third-order valence-electron chi connectivity index (χ3n) is 3.84. The third kappa shape index (κ3) is 2.81. The zero-order valence-electron chi connectivity index (χ0n) is 10.9. The van der Waals surface area contributed by atoms with E-state index in [9.17, 15) is 0 Å². The fraction of sp³-hybridized carbons (Fsp3) is 0.467. The molecule has 0 atom stereocenters. The molecule has 4 heteroatoms. The number of halogens is 1. The van der Waals surface area contributed by atoms with E-state index in [0.717, 1.165) is 16.6 Å². The van der Waals surface area contributed by atoms with Crippen molar-refractivity contribution < 1.29 is 0 Å². The van der Waals surface area contributed by atoms with E-state index >= 15 is 0 Å². The summed E-state index contributed by atoms with van der Waals surface area (Å²) in [7, 11) is 0. The number of nitrogens with one attached hydrogen (secondary N) is 1. The average Bonchev–Trinajstić information content (AvgIpc) is 2.69. The first-order chi connectivity index (χ1) is 9.34. The van der Waals surface area contributed by atoms with Crippen molar-refractivity contribution in [2.24, 2.45) is 0 Å². The molecule has 1 N–H and O–H groups in total. The molecule has 0 bridgehead atoms. The summed E-state index contributed by atoms with van der Waals surface area (Å²) in [5, 5.41) is 13.6. The van der Waals surface area contributed by atoms with Crippen molar-refractivity contribution in [3.63, 3.8) is 0 Å². The van der Waals surface area contributed by atoms with E-state index in [1.165, 1.54) is 38.5 Å². The predicted molar refractivity (Wildman–Crippen MR) is 79.7 cm³/mol. The Morgan fingerprint density at radius 1 is 1.11 bits per heavy atom. The molecule has 1 aromatic heterocycles. The zero-order chi connectivity index (χ0) is 13.1. The lowest BCUT2D eigenvalue weighted by molar-refractivity contribution is 0.620. The van der Waals surface area contributed by atoms with E-state index in [0.29, 0.717) is 11.1 Å². The summed E-state index contributed by atoms with van der Waals surface area (Å²) in [4.78, 5) is 0.